The number of carbonyl (C=O) groups excluding carboxylic acids is 2. The fraction of sp³-hybridized carbons (Fsp3) is 0.375. The summed E-state index contributed by atoms with van der Waals surface area (Å²) in [5.74, 6) is -0.104. The minimum absolute atomic E-state index is 0.0348. The molecular formula is C32H37BrCl2N2O3. The highest BCUT2D eigenvalue weighted by molar-refractivity contribution is 9.10. The molecule has 0 heterocycles. The molecule has 1 atom stereocenters. The third-order valence-electron chi connectivity index (χ3n) is 6.31. The van der Waals surface area contributed by atoms with Crippen molar-refractivity contribution in [2.45, 2.75) is 71.5 Å². The summed E-state index contributed by atoms with van der Waals surface area (Å²) in [5.41, 5.74) is 2.08. The number of rotatable bonds is 9. The summed E-state index contributed by atoms with van der Waals surface area (Å²) in [6, 6.07) is 19.8. The summed E-state index contributed by atoms with van der Waals surface area (Å²) < 4.78 is 6.74. The number of nitrogens with zero attached hydrogens (tertiary/aromatic N) is 1. The average Bonchev–Trinajstić information content (AvgIpc) is 2.85. The van der Waals surface area contributed by atoms with Gasteiger partial charge >= 0.3 is 0 Å². The van der Waals surface area contributed by atoms with Gasteiger partial charge in [-0.25, -0.2) is 0 Å². The number of nitrogens with one attached hydrogen (secondary N) is 1. The number of benzene rings is 3. The van der Waals surface area contributed by atoms with E-state index in [4.69, 9.17) is 27.9 Å². The highest BCUT2D eigenvalue weighted by atomic mass is 79.9. The Morgan fingerprint density at radius 2 is 1.55 bits per heavy atom. The molecule has 0 spiro atoms. The zero-order valence-electron chi connectivity index (χ0n) is 23.9. The van der Waals surface area contributed by atoms with Crippen LogP contribution in [0.3, 0.4) is 0 Å². The third kappa shape index (κ3) is 8.98. The largest absolute Gasteiger partial charge is 0.483 e. The topological polar surface area (TPSA) is 58.6 Å². The molecular weight excluding hydrogens is 611 g/mol. The van der Waals surface area contributed by atoms with Crippen LogP contribution >= 0.6 is 39.1 Å². The van der Waals surface area contributed by atoms with Crippen molar-refractivity contribution < 1.29 is 14.3 Å². The van der Waals surface area contributed by atoms with Gasteiger partial charge in [-0.1, -0.05) is 86.4 Å². The Bertz CT molecular complexity index is 1310. The summed E-state index contributed by atoms with van der Waals surface area (Å²) in [6.07, 6.45) is 0.306. The van der Waals surface area contributed by atoms with E-state index in [-0.39, 0.29) is 30.4 Å². The molecule has 8 heteroatoms. The van der Waals surface area contributed by atoms with E-state index in [1.165, 1.54) is 4.90 Å². The van der Waals surface area contributed by atoms with Gasteiger partial charge < -0.3 is 15.0 Å². The maximum absolute atomic E-state index is 13.9. The first-order valence-corrected chi connectivity index (χ1v) is 14.7. The second-order valence-electron chi connectivity index (χ2n) is 11.9. The lowest BCUT2D eigenvalue weighted by Crippen LogP contribution is -2.55. The van der Waals surface area contributed by atoms with Gasteiger partial charge in [-0.3, -0.25) is 9.59 Å². The van der Waals surface area contributed by atoms with Gasteiger partial charge in [0, 0.05) is 34.1 Å². The molecule has 3 rings (SSSR count). The van der Waals surface area contributed by atoms with Crippen molar-refractivity contribution in [1.82, 2.24) is 10.2 Å². The van der Waals surface area contributed by atoms with Crippen molar-refractivity contribution in [3.05, 3.63) is 97.9 Å². The predicted octanol–water partition coefficient (Wildman–Crippen LogP) is 7.99. The maximum atomic E-state index is 13.9. The van der Waals surface area contributed by atoms with Gasteiger partial charge in [-0.05, 0) is 77.5 Å². The van der Waals surface area contributed by atoms with Crippen molar-refractivity contribution in [2.75, 3.05) is 6.61 Å². The predicted molar refractivity (Wildman–Crippen MR) is 167 cm³/mol. The van der Waals surface area contributed by atoms with Crippen LogP contribution in [0, 0.1) is 0 Å². The van der Waals surface area contributed by atoms with Crippen LogP contribution in [-0.4, -0.2) is 34.9 Å². The van der Waals surface area contributed by atoms with Gasteiger partial charge in [0.1, 0.15) is 11.8 Å². The van der Waals surface area contributed by atoms with Gasteiger partial charge in [0.05, 0.1) is 4.47 Å². The van der Waals surface area contributed by atoms with E-state index in [0.29, 0.717) is 27.8 Å². The van der Waals surface area contributed by atoms with Crippen molar-refractivity contribution in [3.8, 4) is 5.75 Å². The van der Waals surface area contributed by atoms with Crippen LogP contribution in [0.1, 0.15) is 58.2 Å². The Morgan fingerprint density at radius 1 is 0.925 bits per heavy atom. The fourth-order valence-corrected chi connectivity index (χ4v) is 5.18. The van der Waals surface area contributed by atoms with Crippen LogP contribution in [0.5, 0.6) is 5.75 Å². The molecule has 0 aliphatic heterocycles. The van der Waals surface area contributed by atoms with E-state index in [0.717, 1.165) is 15.6 Å². The quantitative estimate of drug-likeness (QED) is 0.256. The van der Waals surface area contributed by atoms with Crippen LogP contribution in [0.25, 0.3) is 0 Å². The van der Waals surface area contributed by atoms with Crippen molar-refractivity contribution in [3.63, 3.8) is 0 Å². The van der Waals surface area contributed by atoms with E-state index in [1.807, 2.05) is 69.3 Å². The monoisotopic (exact) mass is 646 g/mol. The molecule has 0 saturated carbocycles. The smallest absolute Gasteiger partial charge is 0.261 e. The van der Waals surface area contributed by atoms with Gasteiger partial charge in [0.15, 0.2) is 6.61 Å². The Morgan fingerprint density at radius 3 is 2.10 bits per heavy atom. The molecule has 40 heavy (non-hydrogen) atoms. The molecule has 0 fully saturated rings. The average molecular weight is 648 g/mol. The molecule has 2 amide bonds. The highest BCUT2D eigenvalue weighted by Crippen LogP contribution is 2.32. The van der Waals surface area contributed by atoms with Crippen molar-refractivity contribution in [1.29, 1.82) is 0 Å². The Balaban J connectivity index is 1.98. The van der Waals surface area contributed by atoms with E-state index < -0.39 is 11.6 Å². The number of halogens is 3. The van der Waals surface area contributed by atoms with Gasteiger partial charge in [-0.2, -0.15) is 0 Å². The summed E-state index contributed by atoms with van der Waals surface area (Å²) in [4.78, 5) is 29.1. The maximum Gasteiger partial charge on any atom is 0.261 e. The first kappa shape index (κ1) is 32.0. The van der Waals surface area contributed by atoms with Gasteiger partial charge in [0.25, 0.3) is 5.91 Å². The first-order valence-electron chi connectivity index (χ1n) is 13.2. The van der Waals surface area contributed by atoms with E-state index in [2.05, 4.69) is 42.0 Å². The summed E-state index contributed by atoms with van der Waals surface area (Å²) in [6.45, 7) is 11.9. The lowest BCUT2D eigenvalue weighted by atomic mass is 9.87. The summed E-state index contributed by atoms with van der Waals surface area (Å²) >= 11 is 16.6. The lowest BCUT2D eigenvalue weighted by Gasteiger charge is -2.34. The zero-order chi connectivity index (χ0) is 29.7. The molecule has 0 bridgehead atoms. The Hall–Kier alpha value is -2.54. The van der Waals surface area contributed by atoms with Crippen LogP contribution in [-0.2, 0) is 28.0 Å². The van der Waals surface area contributed by atoms with Crippen LogP contribution in [0.2, 0.25) is 10.0 Å². The fourth-order valence-electron chi connectivity index (χ4n) is 4.17. The van der Waals surface area contributed by atoms with Crippen LogP contribution < -0.4 is 10.1 Å². The SMILES string of the molecule is CC(C)(C)NC(=O)[C@H](Cc1ccccc1)N(Cc1c(Cl)cccc1Cl)C(=O)COc1ccc(C(C)(C)C)cc1Br. The molecule has 0 aliphatic rings. The van der Waals surface area contributed by atoms with E-state index >= 15 is 0 Å². The Labute approximate surface area is 256 Å². The number of hydrogen-bond acceptors (Lipinski definition) is 3. The highest BCUT2D eigenvalue weighted by Gasteiger charge is 2.33. The molecule has 3 aromatic rings. The Kier molecular flexibility index (Phi) is 10.7. The molecule has 0 aliphatic carbocycles. The summed E-state index contributed by atoms with van der Waals surface area (Å²) in [7, 11) is 0. The van der Waals surface area contributed by atoms with E-state index in [9.17, 15) is 9.59 Å². The standard InChI is InChI=1S/C32H37BrCl2N2O3/c1-31(2,3)22-15-16-28(24(33)18-22)40-20-29(38)37(19-23-25(34)13-10-14-26(23)35)27(30(39)36-32(4,5)6)17-21-11-8-7-9-12-21/h7-16,18,27H,17,19-20H2,1-6H3,(H,36,39)/t27-/m0/s1. The van der Waals surface area contributed by atoms with Crippen molar-refractivity contribution >= 4 is 50.9 Å². The van der Waals surface area contributed by atoms with Crippen molar-refractivity contribution in [2.24, 2.45) is 0 Å². The van der Waals surface area contributed by atoms with Gasteiger partial charge in [0.2, 0.25) is 5.91 Å². The number of amides is 2. The zero-order valence-corrected chi connectivity index (χ0v) is 27.0. The van der Waals surface area contributed by atoms with Crippen LogP contribution in [0.15, 0.2) is 71.2 Å². The molecule has 3 aromatic carbocycles. The molecule has 1 N–H and O–H groups in total. The number of ether oxygens (including phenoxy) is 1. The minimum atomic E-state index is -0.836. The second-order valence-corrected chi connectivity index (χ2v) is 13.5. The first-order chi connectivity index (χ1) is 18.7. The van der Waals surface area contributed by atoms with Gasteiger partial charge in [-0.15, -0.1) is 0 Å². The lowest BCUT2D eigenvalue weighted by molar-refractivity contribution is -0.143. The molecule has 5 nitrogen and oxygen atoms in total. The minimum Gasteiger partial charge on any atom is -0.483 e. The van der Waals surface area contributed by atoms with Crippen LogP contribution in [0.4, 0.5) is 0 Å². The third-order valence-corrected chi connectivity index (χ3v) is 7.64. The molecule has 214 valence electrons. The molecule has 0 radical (unpaired) electrons. The number of hydrogen-bond donors (Lipinski definition) is 1. The summed E-state index contributed by atoms with van der Waals surface area (Å²) in [5, 5.41) is 3.88. The normalized spacial score (nSPS) is 12.5. The van der Waals surface area contributed by atoms with E-state index in [1.54, 1.807) is 18.2 Å². The second kappa shape index (κ2) is 13.4. The number of carbonyl (C=O) groups is 2. The molecule has 0 unspecified atom stereocenters. The molecule has 0 saturated heterocycles. The molecule has 0 aromatic heterocycles.